The van der Waals surface area contributed by atoms with E-state index in [9.17, 15) is 9.18 Å². The largest absolute Gasteiger partial charge is 0.363 e. The molecule has 0 saturated carbocycles. The average Bonchev–Trinajstić information content (AvgIpc) is 3.14. The fourth-order valence-corrected chi connectivity index (χ4v) is 5.31. The molecule has 1 amide bonds. The van der Waals surface area contributed by atoms with E-state index in [1.807, 2.05) is 37.0 Å². The molecule has 0 N–H and O–H groups in total. The minimum absolute atomic E-state index is 0.000952. The van der Waals surface area contributed by atoms with Crippen molar-refractivity contribution in [3.05, 3.63) is 47.5 Å². The first kappa shape index (κ1) is 19.9. The SMILES string of the molecule is Cc1c(CCC(=O)N2CC[C@H]3[C@@H](C2)CC(C)(C)N3c2ccc(F)cc2)cnn1C. The van der Waals surface area contributed by atoms with E-state index in [4.69, 9.17) is 0 Å². The van der Waals surface area contributed by atoms with Crippen molar-refractivity contribution in [1.82, 2.24) is 14.7 Å². The summed E-state index contributed by atoms with van der Waals surface area (Å²) in [6.07, 6.45) is 5.16. The molecule has 0 aliphatic carbocycles. The van der Waals surface area contributed by atoms with Crippen molar-refractivity contribution >= 4 is 11.6 Å². The van der Waals surface area contributed by atoms with Gasteiger partial charge in [-0.1, -0.05) is 0 Å². The Bertz CT molecular complexity index is 889. The molecule has 4 rings (SSSR count). The van der Waals surface area contributed by atoms with Crippen LogP contribution >= 0.6 is 0 Å². The van der Waals surface area contributed by atoms with E-state index in [1.165, 1.54) is 12.1 Å². The number of nitrogens with zero attached hydrogens (tertiary/aromatic N) is 4. The van der Waals surface area contributed by atoms with Gasteiger partial charge in [0.15, 0.2) is 0 Å². The van der Waals surface area contributed by atoms with Gasteiger partial charge in [-0.2, -0.15) is 5.10 Å². The van der Waals surface area contributed by atoms with Crippen molar-refractivity contribution in [2.45, 2.75) is 58.0 Å². The summed E-state index contributed by atoms with van der Waals surface area (Å²) in [5.41, 5.74) is 3.36. The molecular weight excluding hydrogens is 367 g/mol. The third kappa shape index (κ3) is 3.77. The number of benzene rings is 1. The number of hydrogen-bond donors (Lipinski definition) is 0. The summed E-state index contributed by atoms with van der Waals surface area (Å²) in [4.78, 5) is 17.4. The monoisotopic (exact) mass is 398 g/mol. The fourth-order valence-electron chi connectivity index (χ4n) is 5.31. The van der Waals surface area contributed by atoms with Gasteiger partial charge in [-0.05, 0) is 75.8 Å². The van der Waals surface area contributed by atoms with E-state index in [1.54, 1.807) is 0 Å². The lowest BCUT2D eigenvalue weighted by molar-refractivity contribution is -0.133. The molecule has 29 heavy (non-hydrogen) atoms. The Labute approximate surface area is 172 Å². The van der Waals surface area contributed by atoms with E-state index in [2.05, 4.69) is 28.7 Å². The smallest absolute Gasteiger partial charge is 0.222 e. The van der Waals surface area contributed by atoms with Crippen molar-refractivity contribution in [2.24, 2.45) is 13.0 Å². The van der Waals surface area contributed by atoms with Crippen LogP contribution in [0, 0.1) is 18.7 Å². The van der Waals surface area contributed by atoms with Gasteiger partial charge in [-0.3, -0.25) is 9.48 Å². The van der Waals surface area contributed by atoms with E-state index in [0.717, 1.165) is 49.3 Å². The van der Waals surface area contributed by atoms with Crippen molar-refractivity contribution in [3.63, 3.8) is 0 Å². The Morgan fingerprint density at radius 3 is 2.66 bits per heavy atom. The third-order valence-electron chi connectivity index (χ3n) is 6.84. The van der Waals surface area contributed by atoms with Crippen LogP contribution in [-0.4, -0.2) is 45.3 Å². The first-order valence-electron chi connectivity index (χ1n) is 10.6. The molecule has 2 saturated heterocycles. The molecule has 1 aromatic heterocycles. The number of carbonyl (C=O) groups is 1. The maximum Gasteiger partial charge on any atom is 0.222 e. The van der Waals surface area contributed by atoms with Gasteiger partial charge in [-0.15, -0.1) is 0 Å². The lowest BCUT2D eigenvalue weighted by Crippen LogP contribution is -2.50. The van der Waals surface area contributed by atoms with Gasteiger partial charge in [0, 0.05) is 49.5 Å². The highest BCUT2D eigenvalue weighted by Gasteiger charge is 2.48. The van der Waals surface area contributed by atoms with E-state index >= 15 is 0 Å². The number of aryl methyl sites for hydroxylation is 2. The number of aromatic nitrogens is 2. The van der Waals surface area contributed by atoms with Gasteiger partial charge in [-0.25, -0.2) is 4.39 Å². The highest BCUT2D eigenvalue weighted by atomic mass is 19.1. The Morgan fingerprint density at radius 1 is 1.28 bits per heavy atom. The van der Waals surface area contributed by atoms with Gasteiger partial charge in [0.05, 0.1) is 6.20 Å². The first-order valence-corrected chi connectivity index (χ1v) is 10.6. The summed E-state index contributed by atoms with van der Waals surface area (Å²) in [6, 6.07) is 7.25. The molecule has 0 unspecified atom stereocenters. The van der Waals surface area contributed by atoms with Gasteiger partial charge in [0.1, 0.15) is 5.82 Å². The van der Waals surface area contributed by atoms with Crippen LogP contribution in [0.5, 0.6) is 0 Å². The van der Waals surface area contributed by atoms with E-state index < -0.39 is 0 Å². The maximum absolute atomic E-state index is 13.4. The molecule has 0 spiro atoms. The number of piperidine rings is 1. The number of anilines is 1. The summed E-state index contributed by atoms with van der Waals surface area (Å²) < 4.78 is 15.3. The molecule has 156 valence electrons. The molecule has 2 atom stereocenters. The Kier molecular flexibility index (Phi) is 5.13. The fraction of sp³-hybridized carbons (Fsp3) is 0.565. The molecule has 1 aromatic carbocycles. The standard InChI is InChI=1S/C23H31FN4O/c1-16-17(14-25-26(16)4)5-10-22(29)27-12-11-21-18(15-27)13-23(2,3)28(21)20-8-6-19(24)7-9-20/h6-9,14,18,21H,5,10-13,15H2,1-4H3/t18-,21+/m1/s1. The quantitative estimate of drug-likeness (QED) is 0.788. The number of hydrogen-bond acceptors (Lipinski definition) is 3. The summed E-state index contributed by atoms with van der Waals surface area (Å²) in [5, 5.41) is 4.27. The molecule has 0 bridgehead atoms. The summed E-state index contributed by atoms with van der Waals surface area (Å²) >= 11 is 0. The lowest BCUT2D eigenvalue weighted by atomic mass is 9.89. The number of carbonyl (C=O) groups excluding carboxylic acids is 1. The number of likely N-dealkylation sites (tertiary alicyclic amines) is 1. The first-order chi connectivity index (χ1) is 13.8. The Balaban J connectivity index is 1.42. The molecule has 2 aliphatic rings. The predicted molar refractivity (Wildman–Crippen MR) is 112 cm³/mol. The maximum atomic E-state index is 13.4. The highest BCUT2D eigenvalue weighted by molar-refractivity contribution is 5.76. The van der Waals surface area contributed by atoms with Crippen LogP contribution in [-0.2, 0) is 18.3 Å². The number of amides is 1. The number of rotatable bonds is 4. The molecule has 6 heteroatoms. The van der Waals surface area contributed by atoms with Crippen LogP contribution in [0.3, 0.4) is 0 Å². The number of halogens is 1. The summed E-state index contributed by atoms with van der Waals surface area (Å²) in [7, 11) is 1.93. The van der Waals surface area contributed by atoms with Crippen molar-refractivity contribution in [3.8, 4) is 0 Å². The van der Waals surface area contributed by atoms with Crippen LogP contribution < -0.4 is 4.90 Å². The predicted octanol–water partition coefficient (Wildman–Crippen LogP) is 3.71. The molecule has 5 nitrogen and oxygen atoms in total. The second kappa shape index (κ2) is 7.47. The normalized spacial score (nSPS) is 23.3. The Morgan fingerprint density at radius 2 is 2.00 bits per heavy atom. The molecule has 3 heterocycles. The average molecular weight is 399 g/mol. The highest BCUT2D eigenvalue weighted by Crippen LogP contribution is 2.44. The number of fused-ring (bicyclic) bond motifs is 1. The van der Waals surface area contributed by atoms with Crippen LogP contribution in [0.1, 0.15) is 44.4 Å². The van der Waals surface area contributed by atoms with Gasteiger partial charge >= 0.3 is 0 Å². The zero-order valence-electron chi connectivity index (χ0n) is 17.9. The molecule has 2 fully saturated rings. The third-order valence-corrected chi connectivity index (χ3v) is 6.84. The zero-order valence-corrected chi connectivity index (χ0v) is 17.9. The van der Waals surface area contributed by atoms with Crippen molar-refractivity contribution < 1.29 is 9.18 Å². The minimum Gasteiger partial charge on any atom is -0.363 e. The van der Waals surface area contributed by atoms with Crippen LogP contribution in [0.4, 0.5) is 10.1 Å². The summed E-state index contributed by atoms with van der Waals surface area (Å²) in [5.74, 6) is 0.490. The molecule has 0 radical (unpaired) electrons. The van der Waals surface area contributed by atoms with Crippen LogP contribution in [0.15, 0.2) is 30.5 Å². The van der Waals surface area contributed by atoms with Gasteiger partial charge in [0.2, 0.25) is 5.91 Å². The van der Waals surface area contributed by atoms with Crippen molar-refractivity contribution in [2.75, 3.05) is 18.0 Å². The van der Waals surface area contributed by atoms with E-state index in [-0.39, 0.29) is 17.3 Å². The second-order valence-electron chi connectivity index (χ2n) is 9.20. The van der Waals surface area contributed by atoms with Crippen LogP contribution in [0.2, 0.25) is 0 Å². The van der Waals surface area contributed by atoms with Gasteiger partial charge < -0.3 is 9.80 Å². The molecule has 2 aliphatic heterocycles. The zero-order chi connectivity index (χ0) is 20.8. The topological polar surface area (TPSA) is 41.4 Å². The Hall–Kier alpha value is -2.37. The molecular formula is C23H31FN4O. The molecule has 2 aromatic rings. The minimum atomic E-state index is -0.202. The summed E-state index contributed by atoms with van der Waals surface area (Å²) in [6.45, 7) is 8.16. The van der Waals surface area contributed by atoms with Crippen molar-refractivity contribution in [1.29, 1.82) is 0 Å². The van der Waals surface area contributed by atoms with Gasteiger partial charge in [0.25, 0.3) is 0 Å². The van der Waals surface area contributed by atoms with Crippen LogP contribution in [0.25, 0.3) is 0 Å². The second-order valence-corrected chi connectivity index (χ2v) is 9.20. The van der Waals surface area contributed by atoms with E-state index in [0.29, 0.717) is 18.4 Å². The lowest BCUT2D eigenvalue weighted by Gasteiger charge is -2.42.